The van der Waals surface area contributed by atoms with Crippen molar-refractivity contribution in [3.63, 3.8) is 0 Å². The number of piperidine rings is 1. The number of carbonyl (C=O) groups excluding carboxylic acids is 3. The number of amides is 1. The molecular formula is C34H40N8O9. The van der Waals surface area contributed by atoms with Crippen LogP contribution in [0, 0.1) is 5.92 Å². The van der Waals surface area contributed by atoms with Gasteiger partial charge in [0.15, 0.2) is 24.1 Å². The molecule has 0 spiro atoms. The average molecular weight is 705 g/mol. The van der Waals surface area contributed by atoms with Gasteiger partial charge in [0.25, 0.3) is 0 Å². The third kappa shape index (κ3) is 5.70. The molecule has 6 aliphatic rings. The van der Waals surface area contributed by atoms with Gasteiger partial charge < -0.3 is 50.4 Å². The highest BCUT2D eigenvalue weighted by Crippen LogP contribution is 2.55. The highest BCUT2D eigenvalue weighted by Gasteiger charge is 2.48. The number of aliphatic hydroxyl groups excluding tert-OH is 1. The van der Waals surface area contributed by atoms with Crippen molar-refractivity contribution >= 4 is 41.2 Å². The third-order valence-corrected chi connectivity index (χ3v) is 10.1. The number of rotatable bonds is 10. The zero-order valence-corrected chi connectivity index (χ0v) is 28.5. The molecule has 6 heterocycles. The molecule has 1 amide bonds. The summed E-state index contributed by atoms with van der Waals surface area (Å²) in [5.74, 6) is -1.03. The standard InChI is InChI=1S/C34H40N8O9/c1-4-49-31(46)28-20(14-43)18(7-11-41-12-10-37-33(41)42-16-38-24-29(42)39-32(35)40-30(24)45)23-26(48-3)19-13-22(34(2,47)17-5-8-36-9-6-17)50-25(19)21(15-44)27(23)51-28/h7,10,12,14,17,22,33,36-37,44,47H,4-6,8-9,11,13,15-16H2,1-3H3,(H2,35,40,45)/b18-7+/t22-,33?,34+/m0/s1. The maximum Gasteiger partial charge on any atom is 0.375 e. The fraction of sp³-hybridized carbons (Fsp3) is 0.471. The number of benzene rings is 1. The summed E-state index contributed by atoms with van der Waals surface area (Å²) in [5.41, 5.74) is 6.08. The minimum absolute atomic E-state index is 0.0219. The number of hydrogen-bond donors (Lipinski definition) is 5. The van der Waals surface area contributed by atoms with E-state index in [1.165, 1.54) is 7.11 Å². The summed E-state index contributed by atoms with van der Waals surface area (Å²) in [4.78, 5) is 54.4. The van der Waals surface area contributed by atoms with E-state index < -0.39 is 36.5 Å². The predicted octanol–water partition coefficient (Wildman–Crippen LogP) is -0.339. The molecule has 0 radical (unpaired) electrons. The lowest BCUT2D eigenvalue weighted by molar-refractivity contribution is -0.141. The second kappa shape index (κ2) is 13.5. The molecule has 270 valence electrons. The Kier molecular flexibility index (Phi) is 9.03. The molecule has 6 N–H and O–H groups in total. The minimum atomic E-state index is -1.21. The number of esters is 1. The molecule has 1 aromatic rings. The number of ether oxygens (including phenoxy) is 4. The van der Waals surface area contributed by atoms with Gasteiger partial charge in [-0.15, -0.1) is 0 Å². The van der Waals surface area contributed by atoms with E-state index in [2.05, 4.69) is 25.6 Å². The van der Waals surface area contributed by atoms with Crippen LogP contribution in [0.3, 0.4) is 0 Å². The number of aliphatic imine (C=N–C) groups is 3. The zero-order chi connectivity index (χ0) is 36.0. The first-order chi connectivity index (χ1) is 24.6. The van der Waals surface area contributed by atoms with Gasteiger partial charge >= 0.3 is 11.9 Å². The van der Waals surface area contributed by atoms with Gasteiger partial charge in [-0.3, -0.25) is 19.5 Å². The van der Waals surface area contributed by atoms with Crippen LogP contribution in [0.15, 0.2) is 44.8 Å². The predicted molar refractivity (Wildman–Crippen MR) is 183 cm³/mol. The topological polar surface area (TPSA) is 222 Å². The molecule has 1 saturated heterocycles. The molecule has 1 aromatic carbocycles. The van der Waals surface area contributed by atoms with E-state index in [0.29, 0.717) is 34.5 Å². The summed E-state index contributed by atoms with van der Waals surface area (Å²) in [6.07, 6.45) is 6.33. The zero-order valence-electron chi connectivity index (χ0n) is 28.5. The van der Waals surface area contributed by atoms with E-state index in [4.69, 9.17) is 24.7 Å². The largest absolute Gasteiger partial charge is 0.496 e. The second-order valence-corrected chi connectivity index (χ2v) is 12.9. The van der Waals surface area contributed by atoms with Crippen LogP contribution in [0.1, 0.15) is 43.4 Å². The number of hydrogen-bond acceptors (Lipinski definition) is 16. The highest BCUT2D eigenvalue weighted by molar-refractivity contribution is 6.69. The van der Waals surface area contributed by atoms with Gasteiger partial charge in [-0.2, -0.15) is 9.98 Å². The number of nitrogens with zero attached hydrogens (tertiary/aromatic N) is 5. The first-order valence-electron chi connectivity index (χ1n) is 16.8. The number of methoxy groups -OCH3 is 1. The minimum Gasteiger partial charge on any atom is -0.496 e. The van der Waals surface area contributed by atoms with Crippen molar-refractivity contribution in [1.29, 1.82) is 0 Å². The number of guanidine groups is 1. The van der Waals surface area contributed by atoms with Crippen LogP contribution in [-0.2, 0) is 32.1 Å². The van der Waals surface area contributed by atoms with Gasteiger partial charge in [-0.05, 0) is 45.7 Å². The van der Waals surface area contributed by atoms with Gasteiger partial charge in [-0.25, -0.2) is 4.79 Å². The Labute approximate surface area is 293 Å². The molecule has 0 aliphatic carbocycles. The van der Waals surface area contributed by atoms with Crippen LogP contribution in [-0.4, -0.2) is 114 Å². The fourth-order valence-corrected chi connectivity index (χ4v) is 7.52. The molecule has 51 heavy (non-hydrogen) atoms. The Hall–Kier alpha value is -5.26. The first-order valence-corrected chi connectivity index (χ1v) is 16.8. The van der Waals surface area contributed by atoms with Crippen molar-refractivity contribution in [2.45, 2.75) is 57.7 Å². The van der Waals surface area contributed by atoms with E-state index in [9.17, 15) is 24.6 Å². The molecule has 7 rings (SSSR count). The molecule has 17 nitrogen and oxygen atoms in total. The van der Waals surface area contributed by atoms with Crippen LogP contribution < -0.4 is 30.6 Å². The number of fused-ring (bicyclic) bond motifs is 3. The number of allylic oxidation sites excluding steroid dienone is 2. The summed E-state index contributed by atoms with van der Waals surface area (Å²) < 4.78 is 23.9. The van der Waals surface area contributed by atoms with Gasteiger partial charge in [0.1, 0.15) is 35.6 Å². The van der Waals surface area contributed by atoms with Crippen molar-refractivity contribution in [2.24, 2.45) is 26.6 Å². The van der Waals surface area contributed by atoms with Crippen molar-refractivity contribution in [3.8, 4) is 17.2 Å². The monoisotopic (exact) mass is 704 g/mol. The summed E-state index contributed by atoms with van der Waals surface area (Å²) >= 11 is 0. The van der Waals surface area contributed by atoms with Crippen molar-refractivity contribution in [1.82, 2.24) is 20.4 Å². The summed E-state index contributed by atoms with van der Waals surface area (Å²) in [5, 5.41) is 29.2. The lowest BCUT2D eigenvalue weighted by Crippen LogP contribution is -2.53. The molecule has 6 aliphatic heterocycles. The lowest BCUT2D eigenvalue weighted by Gasteiger charge is -2.39. The van der Waals surface area contributed by atoms with Gasteiger partial charge in [0.2, 0.25) is 11.7 Å². The molecule has 0 saturated carbocycles. The van der Waals surface area contributed by atoms with Gasteiger partial charge in [0.05, 0.1) is 37.0 Å². The van der Waals surface area contributed by atoms with Crippen LogP contribution in [0.2, 0.25) is 0 Å². The lowest BCUT2D eigenvalue weighted by atomic mass is 9.77. The second-order valence-electron chi connectivity index (χ2n) is 12.9. The quantitative estimate of drug-likeness (QED) is 0.155. The van der Waals surface area contributed by atoms with Gasteiger partial charge in [-0.1, -0.05) is 6.08 Å². The van der Waals surface area contributed by atoms with E-state index in [-0.39, 0.29) is 72.3 Å². The molecule has 0 bridgehead atoms. The smallest absolute Gasteiger partial charge is 0.375 e. The maximum absolute atomic E-state index is 13.3. The van der Waals surface area contributed by atoms with Crippen LogP contribution in [0.25, 0.3) is 5.57 Å². The Balaban J connectivity index is 1.30. The van der Waals surface area contributed by atoms with Crippen molar-refractivity contribution in [2.75, 3.05) is 40.0 Å². The molecular weight excluding hydrogens is 664 g/mol. The number of aliphatic hydroxyl groups is 2. The average Bonchev–Trinajstić information content (AvgIpc) is 3.88. The van der Waals surface area contributed by atoms with Crippen LogP contribution in [0.5, 0.6) is 17.2 Å². The van der Waals surface area contributed by atoms with Crippen LogP contribution >= 0.6 is 0 Å². The Morgan fingerprint density at radius 1 is 1.25 bits per heavy atom. The Morgan fingerprint density at radius 2 is 2.04 bits per heavy atom. The van der Waals surface area contributed by atoms with Crippen LogP contribution in [0.4, 0.5) is 0 Å². The van der Waals surface area contributed by atoms with E-state index in [1.807, 2.05) is 4.90 Å². The molecule has 17 heteroatoms. The number of amidine groups is 1. The number of nitrogens with two attached hydrogens (primary N) is 1. The molecule has 1 fully saturated rings. The fourth-order valence-electron chi connectivity index (χ4n) is 7.52. The van der Waals surface area contributed by atoms with E-state index in [0.717, 1.165) is 25.9 Å². The SMILES string of the molecule is CCOC(=O)C1=C(C=O)/C(=C\CN2C=CNC2N2CN=C3C(=O)N=C(N)N=C32)c2c(OC)c3c(c(CO)c2O1)O[C@H]([C@](C)(O)C1CCNCC1)C3. The highest BCUT2D eigenvalue weighted by atomic mass is 16.6. The maximum atomic E-state index is 13.3. The summed E-state index contributed by atoms with van der Waals surface area (Å²) in [6, 6.07) is 0. The van der Waals surface area contributed by atoms with E-state index >= 15 is 0 Å². The first kappa shape index (κ1) is 34.2. The summed E-state index contributed by atoms with van der Waals surface area (Å²) in [7, 11) is 1.48. The van der Waals surface area contributed by atoms with Crippen molar-refractivity contribution < 1.29 is 43.5 Å². The van der Waals surface area contributed by atoms with E-state index in [1.54, 1.807) is 37.2 Å². The Morgan fingerprint density at radius 3 is 2.75 bits per heavy atom. The third-order valence-electron chi connectivity index (χ3n) is 10.1. The Bertz CT molecular complexity index is 1860. The van der Waals surface area contributed by atoms with Gasteiger partial charge in [0, 0.05) is 36.5 Å². The normalized spacial score (nSPS) is 24.5. The number of carbonyl (C=O) groups is 3. The van der Waals surface area contributed by atoms with Crippen molar-refractivity contribution in [3.05, 3.63) is 46.5 Å². The number of aldehydes is 1. The summed E-state index contributed by atoms with van der Waals surface area (Å²) in [6.45, 7) is 4.72. The number of nitrogens with one attached hydrogen (secondary N) is 2. The molecule has 3 atom stereocenters. The molecule has 0 aromatic heterocycles. The molecule has 1 unspecified atom stereocenters.